The van der Waals surface area contributed by atoms with Crippen LogP contribution in [0.15, 0.2) is 29.2 Å². The Kier molecular flexibility index (Phi) is 4.17. The van der Waals surface area contributed by atoms with Gasteiger partial charge in [-0.3, -0.25) is 4.79 Å². The molecule has 0 saturated heterocycles. The zero-order valence-corrected chi connectivity index (χ0v) is 15.3. The van der Waals surface area contributed by atoms with E-state index in [1.165, 1.54) is 16.9 Å². The lowest BCUT2D eigenvalue weighted by Gasteiger charge is -2.08. The third kappa shape index (κ3) is 3.23. The standard InChI is InChI=1S/C18H19NO4S2/c20-18(21)14-6-11-4-5-16(9-13(11)7-14)25(22,23)19-10-15-8-12-2-1-3-17(12)24-15/h4-5,8-9,14,19H,1-3,6-7,10H2,(H,20,21). The molecule has 1 heterocycles. The summed E-state index contributed by atoms with van der Waals surface area (Å²) in [5.74, 6) is -1.28. The van der Waals surface area contributed by atoms with Gasteiger partial charge in [0.2, 0.25) is 10.0 Å². The zero-order valence-electron chi connectivity index (χ0n) is 13.6. The molecule has 132 valence electrons. The molecule has 0 radical (unpaired) electrons. The maximum absolute atomic E-state index is 12.6. The number of fused-ring (bicyclic) bond motifs is 2. The van der Waals surface area contributed by atoms with Crippen LogP contribution in [0.4, 0.5) is 0 Å². The first-order valence-electron chi connectivity index (χ1n) is 8.37. The van der Waals surface area contributed by atoms with Gasteiger partial charge in [0.25, 0.3) is 0 Å². The Morgan fingerprint density at radius 3 is 2.72 bits per heavy atom. The van der Waals surface area contributed by atoms with Crippen molar-refractivity contribution < 1.29 is 18.3 Å². The lowest BCUT2D eigenvalue weighted by atomic mass is 10.1. The molecular formula is C18H19NO4S2. The first kappa shape index (κ1) is 16.8. The number of rotatable bonds is 5. The Morgan fingerprint density at radius 2 is 1.96 bits per heavy atom. The molecule has 2 aliphatic rings. The van der Waals surface area contributed by atoms with Crippen LogP contribution in [0.5, 0.6) is 0 Å². The van der Waals surface area contributed by atoms with Gasteiger partial charge >= 0.3 is 5.97 Å². The summed E-state index contributed by atoms with van der Waals surface area (Å²) in [7, 11) is -3.60. The molecule has 2 aromatic rings. The fraction of sp³-hybridized carbons (Fsp3) is 0.389. The molecule has 25 heavy (non-hydrogen) atoms. The number of carbonyl (C=O) groups is 1. The second kappa shape index (κ2) is 6.23. The zero-order chi connectivity index (χ0) is 17.6. The molecule has 7 heteroatoms. The Balaban J connectivity index is 1.49. The Morgan fingerprint density at radius 1 is 1.16 bits per heavy atom. The maximum atomic E-state index is 12.6. The summed E-state index contributed by atoms with van der Waals surface area (Å²) in [5, 5.41) is 9.14. The smallest absolute Gasteiger partial charge is 0.307 e. The number of benzene rings is 1. The molecule has 4 rings (SSSR count). The van der Waals surface area contributed by atoms with Crippen LogP contribution in [-0.4, -0.2) is 19.5 Å². The highest BCUT2D eigenvalue weighted by molar-refractivity contribution is 7.89. The second-order valence-electron chi connectivity index (χ2n) is 6.71. The minimum Gasteiger partial charge on any atom is -0.481 e. The predicted octanol–water partition coefficient (Wildman–Crippen LogP) is 2.51. The number of carboxylic acids is 1. The topological polar surface area (TPSA) is 83.5 Å². The van der Waals surface area contributed by atoms with Gasteiger partial charge in [-0.2, -0.15) is 0 Å². The lowest BCUT2D eigenvalue weighted by molar-refractivity contribution is -0.141. The molecule has 0 fully saturated rings. The molecule has 1 atom stereocenters. The van der Waals surface area contributed by atoms with Crippen molar-refractivity contribution in [1.82, 2.24) is 4.72 Å². The van der Waals surface area contributed by atoms with E-state index in [4.69, 9.17) is 5.11 Å². The lowest BCUT2D eigenvalue weighted by Crippen LogP contribution is -2.23. The molecule has 1 aromatic carbocycles. The van der Waals surface area contributed by atoms with Crippen molar-refractivity contribution in [3.63, 3.8) is 0 Å². The Hall–Kier alpha value is -1.70. The number of carboxylic acid groups (broad SMARTS) is 1. The summed E-state index contributed by atoms with van der Waals surface area (Å²) in [5.41, 5.74) is 3.11. The fourth-order valence-corrected chi connectivity index (χ4v) is 6.01. The third-order valence-electron chi connectivity index (χ3n) is 5.00. The summed E-state index contributed by atoms with van der Waals surface area (Å²) < 4.78 is 27.8. The number of hydrogen-bond acceptors (Lipinski definition) is 4. The number of aliphatic carboxylic acids is 1. The highest BCUT2D eigenvalue weighted by Gasteiger charge is 2.28. The number of sulfonamides is 1. The highest BCUT2D eigenvalue weighted by atomic mass is 32.2. The minimum absolute atomic E-state index is 0.210. The van der Waals surface area contributed by atoms with Gasteiger partial charge in [-0.1, -0.05) is 6.07 Å². The van der Waals surface area contributed by atoms with E-state index in [-0.39, 0.29) is 4.90 Å². The van der Waals surface area contributed by atoms with Crippen molar-refractivity contribution in [2.75, 3.05) is 0 Å². The summed E-state index contributed by atoms with van der Waals surface area (Å²) >= 11 is 1.69. The van der Waals surface area contributed by atoms with Crippen molar-refractivity contribution in [3.8, 4) is 0 Å². The van der Waals surface area contributed by atoms with E-state index in [9.17, 15) is 13.2 Å². The van der Waals surface area contributed by atoms with Crippen LogP contribution in [0.3, 0.4) is 0 Å². The fourth-order valence-electron chi connectivity index (χ4n) is 3.66. The summed E-state index contributed by atoms with van der Waals surface area (Å²) in [6, 6.07) is 7.04. The minimum atomic E-state index is -3.60. The van der Waals surface area contributed by atoms with Gasteiger partial charge in [0.05, 0.1) is 10.8 Å². The molecule has 0 aliphatic heterocycles. The largest absolute Gasteiger partial charge is 0.481 e. The molecule has 0 bridgehead atoms. The van der Waals surface area contributed by atoms with Gasteiger partial charge < -0.3 is 5.11 Å². The molecule has 5 nitrogen and oxygen atoms in total. The predicted molar refractivity (Wildman–Crippen MR) is 95.3 cm³/mol. The average molecular weight is 377 g/mol. The van der Waals surface area contributed by atoms with Crippen LogP contribution < -0.4 is 4.72 Å². The van der Waals surface area contributed by atoms with E-state index in [1.54, 1.807) is 29.5 Å². The van der Waals surface area contributed by atoms with Gasteiger partial charge in [0.15, 0.2) is 0 Å². The third-order valence-corrected chi connectivity index (χ3v) is 7.64. The summed E-state index contributed by atoms with van der Waals surface area (Å²) in [6.45, 7) is 0.300. The van der Waals surface area contributed by atoms with E-state index in [2.05, 4.69) is 10.8 Å². The van der Waals surface area contributed by atoms with Crippen LogP contribution in [0.1, 0.15) is 32.9 Å². The van der Waals surface area contributed by atoms with Crippen LogP contribution in [0.25, 0.3) is 0 Å². The van der Waals surface area contributed by atoms with Crippen LogP contribution in [0, 0.1) is 5.92 Å². The molecule has 0 saturated carbocycles. The van der Waals surface area contributed by atoms with Crippen molar-refractivity contribution in [1.29, 1.82) is 0 Å². The first-order chi connectivity index (χ1) is 11.9. The first-order valence-corrected chi connectivity index (χ1v) is 10.7. The molecule has 2 N–H and O–H groups in total. The van der Waals surface area contributed by atoms with E-state index in [1.807, 2.05) is 0 Å². The number of aryl methyl sites for hydroxylation is 2. The van der Waals surface area contributed by atoms with E-state index in [0.717, 1.165) is 28.8 Å². The molecule has 0 spiro atoms. The Bertz CT molecular complexity index is 924. The molecule has 0 amide bonds. The quantitative estimate of drug-likeness (QED) is 0.839. The second-order valence-corrected chi connectivity index (χ2v) is 9.70. The number of hydrogen-bond donors (Lipinski definition) is 2. The van der Waals surface area contributed by atoms with E-state index >= 15 is 0 Å². The van der Waals surface area contributed by atoms with Gasteiger partial charge in [-0.15, -0.1) is 11.3 Å². The van der Waals surface area contributed by atoms with Gasteiger partial charge in [-0.05, 0) is 67.0 Å². The van der Waals surface area contributed by atoms with Crippen molar-refractivity contribution in [2.45, 2.75) is 43.5 Å². The molecule has 1 unspecified atom stereocenters. The van der Waals surface area contributed by atoms with Crippen molar-refractivity contribution in [3.05, 3.63) is 50.7 Å². The Labute approximate surface area is 150 Å². The van der Waals surface area contributed by atoms with Crippen LogP contribution in [0.2, 0.25) is 0 Å². The van der Waals surface area contributed by atoms with Crippen LogP contribution >= 0.6 is 11.3 Å². The molecular weight excluding hydrogens is 358 g/mol. The summed E-state index contributed by atoms with van der Waals surface area (Å²) in [4.78, 5) is 13.8. The van der Waals surface area contributed by atoms with Gasteiger partial charge in [0.1, 0.15) is 0 Å². The summed E-state index contributed by atoms with van der Waals surface area (Å²) in [6.07, 6.45) is 4.25. The van der Waals surface area contributed by atoms with E-state index in [0.29, 0.717) is 19.4 Å². The monoisotopic (exact) mass is 377 g/mol. The average Bonchev–Trinajstić information content (AvgIpc) is 3.25. The molecule has 1 aromatic heterocycles. The van der Waals surface area contributed by atoms with E-state index < -0.39 is 21.9 Å². The maximum Gasteiger partial charge on any atom is 0.307 e. The van der Waals surface area contributed by atoms with Crippen LogP contribution in [-0.2, 0) is 47.0 Å². The SMILES string of the molecule is O=C(O)C1Cc2ccc(S(=O)(=O)NCc3cc4c(s3)CCC4)cc2C1. The van der Waals surface area contributed by atoms with Gasteiger partial charge in [-0.25, -0.2) is 13.1 Å². The number of thiophene rings is 1. The van der Waals surface area contributed by atoms with Crippen molar-refractivity contribution in [2.24, 2.45) is 5.92 Å². The number of nitrogens with one attached hydrogen (secondary N) is 1. The molecule has 2 aliphatic carbocycles. The van der Waals surface area contributed by atoms with Gasteiger partial charge in [0, 0.05) is 16.3 Å². The normalized spacial score (nSPS) is 19.0. The van der Waals surface area contributed by atoms with Crippen molar-refractivity contribution >= 4 is 27.3 Å². The highest BCUT2D eigenvalue weighted by Crippen LogP contribution is 2.31.